The lowest BCUT2D eigenvalue weighted by molar-refractivity contribution is -0.163. The Kier molecular flexibility index (Phi) is 28.8. The number of hydrogen-bond acceptors (Lipinski definition) is 17. The zero-order valence-corrected chi connectivity index (χ0v) is 43.4. The molecule has 0 amide bonds. The number of carbonyl (C=O) groups is 4. The van der Waals surface area contributed by atoms with Crippen molar-refractivity contribution in [1.82, 2.24) is 0 Å². The zero-order chi connectivity index (χ0) is 43.4. The number of ether oxygens (including phenoxy) is 5. The van der Waals surface area contributed by atoms with Gasteiger partial charge in [0, 0.05) is 69.7 Å². The second-order valence-electron chi connectivity index (χ2n) is 17.1. The van der Waals surface area contributed by atoms with Gasteiger partial charge >= 0.3 is 23.9 Å². The largest absolute Gasteiger partial charge is 0.465 e. The van der Waals surface area contributed by atoms with Gasteiger partial charge in [0.2, 0.25) is 0 Å². The van der Waals surface area contributed by atoms with Crippen LogP contribution in [0.2, 0.25) is 0 Å². The molecule has 352 valence electrons. The van der Waals surface area contributed by atoms with E-state index >= 15 is 0 Å². The van der Waals surface area contributed by atoms with Crippen molar-refractivity contribution in [3.05, 3.63) is 0 Å². The first-order chi connectivity index (χ1) is 29.7. The van der Waals surface area contributed by atoms with Crippen LogP contribution in [0, 0.1) is 10.8 Å². The van der Waals surface area contributed by atoms with Gasteiger partial charge in [0.05, 0.1) is 24.0 Å². The molecule has 0 aromatic rings. The highest BCUT2D eigenvalue weighted by molar-refractivity contribution is 8.78. The molecule has 0 aromatic carbocycles. The Labute approximate surface area is 399 Å². The monoisotopic (exact) mass is 1000 g/mol. The van der Waals surface area contributed by atoms with E-state index in [2.05, 4.69) is 0 Å². The van der Waals surface area contributed by atoms with Crippen molar-refractivity contribution >= 4 is 110 Å². The first-order valence-electron chi connectivity index (χ1n) is 23.1. The summed E-state index contributed by atoms with van der Waals surface area (Å²) >= 11 is 0. The molecule has 4 saturated heterocycles. The van der Waals surface area contributed by atoms with E-state index in [0.717, 1.165) is 77.0 Å². The van der Waals surface area contributed by atoms with E-state index < -0.39 is 10.8 Å². The fraction of sp³-hybridized carbons (Fsp3) is 0.909. The highest BCUT2D eigenvalue weighted by Gasteiger charge is 2.37. The predicted molar refractivity (Wildman–Crippen MR) is 268 cm³/mol. The molecule has 61 heavy (non-hydrogen) atoms. The number of hydrogen-bond donors (Lipinski definition) is 0. The Morgan fingerprint density at radius 1 is 0.410 bits per heavy atom. The Morgan fingerprint density at radius 3 is 0.885 bits per heavy atom. The minimum atomic E-state index is -0.764. The minimum Gasteiger partial charge on any atom is -0.465 e. The van der Waals surface area contributed by atoms with Crippen LogP contribution in [0.25, 0.3) is 0 Å². The Bertz CT molecular complexity index is 1070. The first-order valence-corrected chi connectivity index (χ1v) is 32.6. The third-order valence-corrected chi connectivity index (χ3v) is 24.0. The van der Waals surface area contributed by atoms with Crippen LogP contribution >= 0.6 is 86.4 Å². The van der Waals surface area contributed by atoms with Crippen molar-refractivity contribution in [3.63, 3.8) is 0 Å². The quantitative estimate of drug-likeness (QED) is 0.0263. The van der Waals surface area contributed by atoms with Crippen molar-refractivity contribution in [2.45, 2.75) is 176 Å². The van der Waals surface area contributed by atoms with Crippen LogP contribution in [0.1, 0.15) is 155 Å². The molecule has 17 heteroatoms. The molecule has 0 aromatic heterocycles. The van der Waals surface area contributed by atoms with Gasteiger partial charge in [-0.3, -0.25) is 19.2 Å². The van der Waals surface area contributed by atoms with Crippen molar-refractivity contribution in [2.75, 3.05) is 62.7 Å². The molecule has 0 spiro atoms. The normalized spacial score (nSPS) is 23.4. The maximum absolute atomic E-state index is 13.0. The summed E-state index contributed by atoms with van der Waals surface area (Å²) in [5.41, 5.74) is -1.53. The topological polar surface area (TPSA) is 114 Å². The molecule has 4 heterocycles. The van der Waals surface area contributed by atoms with Gasteiger partial charge in [-0.2, -0.15) is 0 Å². The van der Waals surface area contributed by atoms with E-state index in [1.165, 1.54) is 48.7 Å². The SMILES string of the molecule is CCC(COCC(CC)(COC(=O)CCCCC1CCSS1)COC(=O)CCCCC1CCSS1)(COC(=O)CCCCC1CCSS1)COC(=O)CCCCC1CCSS1. The summed E-state index contributed by atoms with van der Waals surface area (Å²) in [4.78, 5) is 52.2. The van der Waals surface area contributed by atoms with Crippen LogP contribution < -0.4 is 0 Å². The zero-order valence-electron chi connectivity index (χ0n) is 36.9. The molecular formula is C44H74O9S8. The van der Waals surface area contributed by atoms with E-state index in [9.17, 15) is 19.2 Å². The molecule has 4 fully saturated rings. The molecule has 0 bridgehead atoms. The Balaban J connectivity index is 1.32. The number of esters is 4. The average molecular weight is 1000 g/mol. The minimum absolute atomic E-state index is 0.0699. The summed E-state index contributed by atoms with van der Waals surface area (Å²) in [6.45, 7) is 4.61. The number of rotatable bonds is 34. The highest BCUT2D eigenvalue weighted by Crippen LogP contribution is 2.42. The van der Waals surface area contributed by atoms with Gasteiger partial charge in [-0.25, -0.2) is 0 Å². The van der Waals surface area contributed by atoms with Crippen LogP contribution in [0.15, 0.2) is 0 Å². The van der Waals surface area contributed by atoms with Crippen LogP contribution in [0.4, 0.5) is 0 Å². The summed E-state index contributed by atoms with van der Waals surface area (Å²) in [6, 6.07) is 0. The van der Waals surface area contributed by atoms with Gasteiger partial charge < -0.3 is 23.7 Å². The van der Waals surface area contributed by atoms with Crippen LogP contribution in [0.3, 0.4) is 0 Å². The summed E-state index contributed by atoms with van der Waals surface area (Å²) in [5.74, 6) is 3.83. The summed E-state index contributed by atoms with van der Waals surface area (Å²) in [5, 5.41) is 2.72. The second-order valence-corrected chi connectivity index (χ2v) is 28.3. The van der Waals surface area contributed by atoms with Gasteiger partial charge in [-0.05, 0) is 89.9 Å². The Hall–Kier alpha value is 0.640. The van der Waals surface area contributed by atoms with Crippen molar-refractivity contribution in [3.8, 4) is 0 Å². The van der Waals surface area contributed by atoms with Gasteiger partial charge in [0.15, 0.2) is 0 Å². The fourth-order valence-electron chi connectivity index (χ4n) is 7.39. The summed E-state index contributed by atoms with van der Waals surface area (Å²) < 4.78 is 30.2. The second kappa shape index (κ2) is 32.4. The molecule has 0 aliphatic carbocycles. The van der Waals surface area contributed by atoms with Gasteiger partial charge in [0.25, 0.3) is 0 Å². The lowest BCUT2D eigenvalue weighted by atomic mass is 9.86. The number of unbranched alkanes of at least 4 members (excludes halogenated alkanes) is 4. The van der Waals surface area contributed by atoms with E-state index in [1.54, 1.807) is 0 Å². The molecular weight excluding hydrogens is 929 g/mol. The van der Waals surface area contributed by atoms with E-state index in [1.807, 2.05) is 100 Å². The smallest absolute Gasteiger partial charge is 0.305 e. The third-order valence-electron chi connectivity index (χ3n) is 12.0. The average Bonchev–Trinajstić information content (AvgIpc) is 4.13. The van der Waals surface area contributed by atoms with E-state index in [-0.39, 0.29) is 63.5 Å². The maximum Gasteiger partial charge on any atom is 0.305 e. The molecule has 0 radical (unpaired) electrons. The molecule has 4 atom stereocenters. The lowest BCUT2D eigenvalue weighted by Gasteiger charge is -2.35. The molecule has 0 saturated carbocycles. The van der Waals surface area contributed by atoms with E-state index in [0.29, 0.717) is 59.5 Å². The highest BCUT2D eigenvalue weighted by atomic mass is 33.1. The van der Waals surface area contributed by atoms with Gasteiger partial charge in [-0.15, -0.1) is 0 Å². The Morgan fingerprint density at radius 2 is 0.672 bits per heavy atom. The molecule has 0 N–H and O–H groups in total. The summed E-state index contributed by atoms with van der Waals surface area (Å²) in [6.07, 6.45) is 19.1. The molecule has 4 aliphatic rings. The van der Waals surface area contributed by atoms with Crippen molar-refractivity contribution in [1.29, 1.82) is 0 Å². The van der Waals surface area contributed by atoms with Crippen LogP contribution in [-0.4, -0.2) is 108 Å². The predicted octanol–water partition coefficient (Wildman–Crippen LogP) is 12.8. The fourth-order valence-corrected chi connectivity index (χ4v) is 19.5. The van der Waals surface area contributed by atoms with Crippen LogP contribution in [-0.2, 0) is 42.9 Å². The third kappa shape index (κ3) is 23.3. The molecule has 4 aliphatic heterocycles. The maximum atomic E-state index is 13.0. The standard InChI is InChI=1S/C44H74O9S8/c1-3-43(31-50-39(45)17-9-5-13-35-21-25-54-58-35,32-51-40(46)18-10-6-14-36-22-26-55-59-36)29-49-30-44(4-2,33-52-41(47)19-11-7-15-37-23-27-56-60-37)34-53-42(48)20-12-8-16-38-24-28-57-61-38/h35-38H,3-34H2,1-2H3. The van der Waals surface area contributed by atoms with Crippen molar-refractivity contribution < 1.29 is 42.9 Å². The van der Waals surface area contributed by atoms with Crippen molar-refractivity contribution in [2.24, 2.45) is 10.8 Å². The number of carbonyl (C=O) groups excluding carboxylic acids is 4. The molecule has 4 rings (SSSR count). The molecule has 4 unspecified atom stereocenters. The van der Waals surface area contributed by atoms with Gasteiger partial charge in [-0.1, -0.05) is 126 Å². The lowest BCUT2D eigenvalue weighted by Crippen LogP contribution is -2.42. The van der Waals surface area contributed by atoms with Gasteiger partial charge in [0.1, 0.15) is 26.4 Å². The first kappa shape index (κ1) is 54.2. The van der Waals surface area contributed by atoms with E-state index in [4.69, 9.17) is 23.7 Å². The van der Waals surface area contributed by atoms with Crippen LogP contribution in [0.5, 0.6) is 0 Å². The summed E-state index contributed by atoms with van der Waals surface area (Å²) in [7, 11) is 15.6. The molecule has 9 nitrogen and oxygen atoms in total.